The van der Waals surface area contributed by atoms with E-state index in [4.69, 9.17) is 0 Å². The largest absolute Gasteiger partial charge is 0.341 e. The summed E-state index contributed by atoms with van der Waals surface area (Å²) in [6, 6.07) is 6.70. The lowest BCUT2D eigenvalue weighted by molar-refractivity contribution is 0.0736. The Morgan fingerprint density at radius 3 is 2.60 bits per heavy atom. The summed E-state index contributed by atoms with van der Waals surface area (Å²) < 4.78 is 14.6. The SMILES string of the molecule is CN(CC1CCN(Cc2ccc(F)cc2)CC1)C(=O)c1cn(C)c(=O)c2c1C=CC2. The molecule has 0 radical (unpaired) electrons. The van der Waals surface area contributed by atoms with Gasteiger partial charge in [0, 0.05) is 38.9 Å². The van der Waals surface area contributed by atoms with Gasteiger partial charge in [-0.15, -0.1) is 0 Å². The predicted molar refractivity (Wildman–Crippen MR) is 116 cm³/mol. The van der Waals surface area contributed by atoms with E-state index in [1.807, 2.05) is 31.3 Å². The zero-order valence-electron chi connectivity index (χ0n) is 17.6. The Bertz CT molecular complexity index is 1020. The standard InChI is InChI=1S/C24H28FN3O2/c1-26(24(30)22-16-27(2)23(29)21-5-3-4-20(21)22)14-18-10-12-28(13-11-18)15-17-6-8-19(25)9-7-17/h3-4,6-9,16,18H,5,10-15H2,1-2H3. The molecule has 2 aliphatic rings. The molecule has 1 saturated heterocycles. The summed E-state index contributed by atoms with van der Waals surface area (Å²) in [5.41, 5.74) is 3.20. The number of aryl methyl sites for hydroxylation is 1. The molecule has 1 amide bonds. The highest BCUT2D eigenvalue weighted by Crippen LogP contribution is 2.24. The summed E-state index contributed by atoms with van der Waals surface area (Å²) in [5, 5.41) is 0. The number of piperidine rings is 1. The number of nitrogens with zero attached hydrogens (tertiary/aromatic N) is 3. The van der Waals surface area contributed by atoms with Crippen molar-refractivity contribution >= 4 is 12.0 Å². The average Bonchev–Trinajstić information content (AvgIpc) is 3.23. The Morgan fingerprint density at radius 1 is 1.20 bits per heavy atom. The predicted octanol–water partition coefficient (Wildman–Crippen LogP) is 3.08. The van der Waals surface area contributed by atoms with Crippen molar-refractivity contribution in [2.45, 2.75) is 25.8 Å². The van der Waals surface area contributed by atoms with Crippen LogP contribution in [0.15, 0.2) is 41.3 Å². The van der Waals surface area contributed by atoms with E-state index in [-0.39, 0.29) is 17.3 Å². The third-order valence-corrected chi connectivity index (χ3v) is 6.26. The topological polar surface area (TPSA) is 45.5 Å². The first-order valence-electron chi connectivity index (χ1n) is 10.5. The van der Waals surface area contributed by atoms with Gasteiger partial charge >= 0.3 is 0 Å². The molecule has 0 spiro atoms. The van der Waals surface area contributed by atoms with Crippen LogP contribution in [0.2, 0.25) is 0 Å². The fourth-order valence-electron chi connectivity index (χ4n) is 4.52. The second-order valence-electron chi connectivity index (χ2n) is 8.49. The van der Waals surface area contributed by atoms with Gasteiger partial charge in [-0.1, -0.05) is 24.3 Å². The molecule has 0 bridgehead atoms. The number of hydrogen-bond acceptors (Lipinski definition) is 3. The number of pyridine rings is 1. The van der Waals surface area contributed by atoms with Crippen molar-refractivity contribution in [1.82, 2.24) is 14.4 Å². The molecule has 5 nitrogen and oxygen atoms in total. The number of likely N-dealkylation sites (tertiary alicyclic amines) is 1. The number of allylic oxidation sites excluding steroid dienone is 1. The van der Waals surface area contributed by atoms with Crippen LogP contribution in [0.25, 0.3) is 6.08 Å². The molecule has 1 aromatic heterocycles. The van der Waals surface area contributed by atoms with Crippen molar-refractivity contribution in [2.75, 3.05) is 26.7 Å². The summed E-state index contributed by atoms with van der Waals surface area (Å²) in [6.45, 7) is 3.49. The van der Waals surface area contributed by atoms with Crippen LogP contribution in [-0.4, -0.2) is 47.0 Å². The van der Waals surface area contributed by atoms with Crippen LogP contribution in [0.3, 0.4) is 0 Å². The number of benzene rings is 1. The van der Waals surface area contributed by atoms with Crippen molar-refractivity contribution in [2.24, 2.45) is 13.0 Å². The number of fused-ring (bicyclic) bond motifs is 1. The van der Waals surface area contributed by atoms with Gasteiger partial charge in [-0.2, -0.15) is 0 Å². The van der Waals surface area contributed by atoms with Crippen molar-refractivity contribution in [3.63, 3.8) is 0 Å². The lowest BCUT2D eigenvalue weighted by atomic mass is 9.95. The molecule has 1 aromatic carbocycles. The summed E-state index contributed by atoms with van der Waals surface area (Å²) in [6.07, 6.45) is 8.17. The van der Waals surface area contributed by atoms with Gasteiger partial charge in [0.25, 0.3) is 11.5 Å². The van der Waals surface area contributed by atoms with Crippen molar-refractivity contribution in [3.8, 4) is 0 Å². The van der Waals surface area contributed by atoms with E-state index in [2.05, 4.69) is 4.90 Å². The van der Waals surface area contributed by atoms with Crippen LogP contribution in [-0.2, 0) is 20.0 Å². The lowest BCUT2D eigenvalue weighted by Gasteiger charge is -2.34. The summed E-state index contributed by atoms with van der Waals surface area (Å²) in [7, 11) is 3.55. The smallest absolute Gasteiger partial charge is 0.255 e. The number of hydrogen-bond donors (Lipinski definition) is 0. The van der Waals surface area contributed by atoms with Crippen molar-refractivity contribution < 1.29 is 9.18 Å². The number of amides is 1. The van der Waals surface area contributed by atoms with Crippen molar-refractivity contribution in [1.29, 1.82) is 0 Å². The lowest BCUT2D eigenvalue weighted by Crippen LogP contribution is -2.39. The molecule has 1 fully saturated rings. The maximum Gasteiger partial charge on any atom is 0.255 e. The molecule has 0 unspecified atom stereocenters. The number of carbonyl (C=O) groups is 1. The van der Waals surface area contributed by atoms with Gasteiger partial charge in [0.15, 0.2) is 0 Å². The van der Waals surface area contributed by atoms with E-state index in [1.165, 1.54) is 16.7 Å². The van der Waals surface area contributed by atoms with Gasteiger partial charge in [0.1, 0.15) is 5.82 Å². The van der Waals surface area contributed by atoms with Crippen LogP contribution < -0.4 is 5.56 Å². The normalized spacial score (nSPS) is 16.6. The second-order valence-corrected chi connectivity index (χ2v) is 8.49. The molecule has 158 valence electrons. The first kappa shape index (κ1) is 20.5. The van der Waals surface area contributed by atoms with Crippen molar-refractivity contribution in [3.05, 3.63) is 75.0 Å². The summed E-state index contributed by atoms with van der Waals surface area (Å²) >= 11 is 0. The van der Waals surface area contributed by atoms with E-state index in [9.17, 15) is 14.0 Å². The monoisotopic (exact) mass is 409 g/mol. The van der Waals surface area contributed by atoms with E-state index in [1.54, 1.807) is 18.1 Å². The molecule has 6 heteroatoms. The molecule has 1 aliphatic heterocycles. The fourth-order valence-corrected chi connectivity index (χ4v) is 4.52. The Labute approximate surface area is 176 Å². The summed E-state index contributed by atoms with van der Waals surface area (Å²) in [4.78, 5) is 29.6. The van der Waals surface area contributed by atoms with E-state index >= 15 is 0 Å². The minimum Gasteiger partial charge on any atom is -0.341 e. The summed E-state index contributed by atoms with van der Waals surface area (Å²) in [5.74, 6) is 0.228. The van der Waals surface area contributed by atoms with Crippen LogP contribution in [0.4, 0.5) is 4.39 Å². The van der Waals surface area contributed by atoms with E-state index in [0.717, 1.165) is 43.6 Å². The number of aromatic nitrogens is 1. The van der Waals surface area contributed by atoms with Gasteiger partial charge in [-0.25, -0.2) is 4.39 Å². The Kier molecular flexibility index (Phi) is 5.86. The number of rotatable bonds is 5. The zero-order valence-corrected chi connectivity index (χ0v) is 17.6. The van der Waals surface area contributed by atoms with Gasteiger partial charge in [0.05, 0.1) is 5.56 Å². The Morgan fingerprint density at radius 2 is 1.90 bits per heavy atom. The average molecular weight is 410 g/mol. The van der Waals surface area contributed by atoms with Crippen LogP contribution in [0, 0.1) is 11.7 Å². The van der Waals surface area contributed by atoms with Crippen LogP contribution in [0.5, 0.6) is 0 Å². The Balaban J connectivity index is 1.35. The van der Waals surface area contributed by atoms with E-state index < -0.39 is 0 Å². The maximum absolute atomic E-state index is 13.1. The molecule has 2 aromatic rings. The number of halogens is 1. The fraction of sp³-hybridized carbons (Fsp3) is 0.417. The molecular formula is C24H28FN3O2. The maximum atomic E-state index is 13.1. The zero-order chi connectivity index (χ0) is 21.3. The number of carbonyl (C=O) groups excluding carboxylic acids is 1. The molecule has 30 heavy (non-hydrogen) atoms. The first-order valence-corrected chi connectivity index (χ1v) is 10.5. The highest BCUT2D eigenvalue weighted by atomic mass is 19.1. The molecule has 0 saturated carbocycles. The minimum atomic E-state index is -0.204. The van der Waals surface area contributed by atoms with Crippen LogP contribution >= 0.6 is 0 Å². The Hall–Kier alpha value is -2.73. The van der Waals surface area contributed by atoms with E-state index in [0.29, 0.717) is 30.0 Å². The van der Waals surface area contributed by atoms with Gasteiger partial charge < -0.3 is 9.47 Å². The second kappa shape index (κ2) is 8.56. The van der Waals surface area contributed by atoms with Gasteiger partial charge in [-0.3, -0.25) is 14.5 Å². The highest BCUT2D eigenvalue weighted by Gasteiger charge is 2.26. The first-order chi connectivity index (χ1) is 14.4. The molecular weight excluding hydrogens is 381 g/mol. The van der Waals surface area contributed by atoms with Gasteiger partial charge in [0.2, 0.25) is 0 Å². The quantitative estimate of drug-likeness (QED) is 0.763. The molecule has 4 rings (SSSR count). The molecule has 1 aliphatic carbocycles. The molecule has 2 heterocycles. The molecule has 0 atom stereocenters. The third-order valence-electron chi connectivity index (χ3n) is 6.26. The molecule has 0 N–H and O–H groups in total. The highest BCUT2D eigenvalue weighted by molar-refractivity contribution is 5.98. The van der Waals surface area contributed by atoms with Crippen LogP contribution in [0.1, 0.15) is 39.9 Å². The van der Waals surface area contributed by atoms with Gasteiger partial charge in [-0.05, 0) is 61.5 Å². The minimum absolute atomic E-state index is 0.0253. The third kappa shape index (κ3) is 4.24.